The fourth-order valence-electron chi connectivity index (χ4n) is 1.23. The van der Waals surface area contributed by atoms with Crippen LogP contribution in [0.1, 0.15) is 24.1 Å². The molecule has 0 fully saturated rings. The predicted octanol–water partition coefficient (Wildman–Crippen LogP) is 1.65. The van der Waals surface area contributed by atoms with E-state index in [9.17, 15) is 8.78 Å². The van der Waals surface area contributed by atoms with Crippen molar-refractivity contribution >= 4 is 0 Å². The van der Waals surface area contributed by atoms with Crippen molar-refractivity contribution in [3.05, 3.63) is 34.9 Å². The molecular formula is C10H13F2NO. The number of aliphatic hydroxyl groups is 1. The monoisotopic (exact) mass is 201 g/mol. The minimum absolute atomic E-state index is 0.250. The van der Waals surface area contributed by atoms with Gasteiger partial charge in [-0.1, -0.05) is 6.07 Å². The van der Waals surface area contributed by atoms with Crippen LogP contribution in [0.5, 0.6) is 0 Å². The lowest BCUT2D eigenvalue weighted by Crippen LogP contribution is -2.25. The minimum atomic E-state index is -1.03. The van der Waals surface area contributed by atoms with Crippen molar-refractivity contribution in [2.75, 3.05) is 0 Å². The van der Waals surface area contributed by atoms with Gasteiger partial charge in [-0.15, -0.1) is 0 Å². The summed E-state index contributed by atoms with van der Waals surface area (Å²) < 4.78 is 26.7. The molecule has 0 aromatic heterocycles. The number of nitrogens with two attached hydrogens (primary N) is 1. The molecule has 1 rings (SSSR count). The van der Waals surface area contributed by atoms with Gasteiger partial charge in [0.25, 0.3) is 0 Å². The Hall–Kier alpha value is -1.00. The van der Waals surface area contributed by atoms with Crippen molar-refractivity contribution in [1.82, 2.24) is 0 Å². The van der Waals surface area contributed by atoms with E-state index in [1.54, 1.807) is 0 Å². The minimum Gasteiger partial charge on any atom is -0.391 e. The normalized spacial score (nSPS) is 15.3. The molecule has 1 aromatic rings. The van der Waals surface area contributed by atoms with E-state index in [4.69, 9.17) is 10.8 Å². The molecular weight excluding hydrogens is 188 g/mol. The average Bonchev–Trinajstić information content (AvgIpc) is 2.12. The van der Waals surface area contributed by atoms with Crippen molar-refractivity contribution in [1.29, 1.82) is 0 Å². The van der Waals surface area contributed by atoms with Gasteiger partial charge in [0.1, 0.15) is 11.6 Å². The molecule has 0 spiro atoms. The first-order valence-corrected chi connectivity index (χ1v) is 4.33. The van der Waals surface area contributed by atoms with Gasteiger partial charge in [-0.3, -0.25) is 0 Å². The van der Waals surface area contributed by atoms with Crippen LogP contribution < -0.4 is 5.73 Å². The molecule has 14 heavy (non-hydrogen) atoms. The fraction of sp³-hybridized carbons (Fsp3) is 0.400. The van der Waals surface area contributed by atoms with Gasteiger partial charge in [-0.05, 0) is 25.5 Å². The van der Waals surface area contributed by atoms with Crippen LogP contribution in [-0.2, 0) is 0 Å². The summed E-state index contributed by atoms with van der Waals surface area (Å²) in [6, 6.07) is 1.45. The predicted molar refractivity (Wildman–Crippen MR) is 49.7 cm³/mol. The maximum atomic E-state index is 13.4. The molecule has 0 amide bonds. The number of aryl methyl sites for hydroxylation is 1. The number of benzene rings is 1. The van der Waals surface area contributed by atoms with Gasteiger partial charge in [-0.2, -0.15) is 0 Å². The first-order chi connectivity index (χ1) is 6.45. The second-order valence-corrected chi connectivity index (χ2v) is 3.36. The smallest absolute Gasteiger partial charge is 0.133 e. The Bertz CT molecular complexity index is 339. The lowest BCUT2D eigenvalue weighted by molar-refractivity contribution is 0.160. The van der Waals surface area contributed by atoms with Crippen LogP contribution in [0.2, 0.25) is 0 Å². The molecule has 0 bridgehead atoms. The van der Waals surface area contributed by atoms with E-state index in [1.165, 1.54) is 19.9 Å². The lowest BCUT2D eigenvalue weighted by atomic mass is 10.00. The van der Waals surface area contributed by atoms with E-state index in [-0.39, 0.29) is 5.56 Å². The van der Waals surface area contributed by atoms with E-state index in [2.05, 4.69) is 0 Å². The molecule has 0 radical (unpaired) electrons. The zero-order valence-corrected chi connectivity index (χ0v) is 8.09. The zero-order valence-electron chi connectivity index (χ0n) is 8.09. The summed E-state index contributed by atoms with van der Waals surface area (Å²) in [6.07, 6.45) is -0.985. The van der Waals surface area contributed by atoms with Crippen LogP contribution in [-0.4, -0.2) is 11.2 Å². The van der Waals surface area contributed by atoms with Gasteiger partial charge in [0.15, 0.2) is 0 Å². The van der Waals surface area contributed by atoms with Crippen molar-refractivity contribution in [3.63, 3.8) is 0 Å². The second kappa shape index (κ2) is 4.02. The highest BCUT2D eigenvalue weighted by atomic mass is 19.1. The Morgan fingerprint density at radius 2 is 1.93 bits per heavy atom. The SMILES string of the molecule is Cc1ccc(F)c([C@H](N)C(C)O)c1F. The number of rotatable bonds is 2. The molecule has 2 atom stereocenters. The molecule has 0 saturated carbocycles. The summed E-state index contributed by atoms with van der Waals surface area (Å²) in [5, 5.41) is 9.16. The lowest BCUT2D eigenvalue weighted by Gasteiger charge is -2.17. The third kappa shape index (κ3) is 1.91. The highest BCUT2D eigenvalue weighted by molar-refractivity contribution is 5.29. The van der Waals surface area contributed by atoms with Crippen LogP contribution in [0, 0.1) is 18.6 Å². The molecule has 1 aromatic carbocycles. The summed E-state index contributed by atoms with van der Waals surface area (Å²) in [6.45, 7) is 2.92. The van der Waals surface area contributed by atoms with Gasteiger partial charge in [0.05, 0.1) is 12.1 Å². The Kier molecular flexibility index (Phi) is 3.18. The van der Waals surface area contributed by atoms with Gasteiger partial charge in [0.2, 0.25) is 0 Å². The summed E-state index contributed by atoms with van der Waals surface area (Å²) >= 11 is 0. The third-order valence-corrected chi connectivity index (χ3v) is 2.17. The van der Waals surface area contributed by atoms with E-state index < -0.39 is 23.8 Å². The molecule has 0 heterocycles. The maximum absolute atomic E-state index is 13.4. The van der Waals surface area contributed by atoms with Crippen molar-refractivity contribution < 1.29 is 13.9 Å². The van der Waals surface area contributed by atoms with Gasteiger partial charge >= 0.3 is 0 Å². The Labute approximate surface area is 81.4 Å². The first kappa shape index (κ1) is 11.1. The largest absolute Gasteiger partial charge is 0.391 e. The van der Waals surface area contributed by atoms with E-state index in [0.29, 0.717) is 5.56 Å². The maximum Gasteiger partial charge on any atom is 0.133 e. The molecule has 78 valence electrons. The first-order valence-electron chi connectivity index (χ1n) is 4.33. The Balaban J connectivity index is 3.25. The van der Waals surface area contributed by atoms with Crippen LogP contribution >= 0.6 is 0 Å². The molecule has 0 aliphatic rings. The topological polar surface area (TPSA) is 46.2 Å². The van der Waals surface area contributed by atoms with Crippen LogP contribution in [0.25, 0.3) is 0 Å². The average molecular weight is 201 g/mol. The van der Waals surface area contributed by atoms with Crippen molar-refractivity contribution in [2.45, 2.75) is 26.0 Å². The summed E-state index contributed by atoms with van der Waals surface area (Å²) in [5.74, 6) is -1.40. The Morgan fingerprint density at radius 3 is 2.43 bits per heavy atom. The zero-order chi connectivity index (χ0) is 10.9. The van der Waals surface area contributed by atoms with Crippen LogP contribution in [0.3, 0.4) is 0 Å². The van der Waals surface area contributed by atoms with Gasteiger partial charge < -0.3 is 10.8 Å². The van der Waals surface area contributed by atoms with Crippen LogP contribution in [0.15, 0.2) is 12.1 Å². The molecule has 0 saturated heterocycles. The van der Waals surface area contributed by atoms with E-state index in [1.807, 2.05) is 0 Å². The molecule has 0 aliphatic carbocycles. The number of aliphatic hydroxyl groups excluding tert-OH is 1. The number of hydrogen-bond acceptors (Lipinski definition) is 2. The highest BCUT2D eigenvalue weighted by Crippen LogP contribution is 2.23. The fourth-order valence-corrected chi connectivity index (χ4v) is 1.23. The number of halogens is 2. The summed E-state index contributed by atoms with van der Waals surface area (Å²) in [7, 11) is 0. The molecule has 4 heteroatoms. The van der Waals surface area contributed by atoms with Gasteiger partial charge in [0, 0.05) is 5.56 Å². The van der Waals surface area contributed by atoms with E-state index >= 15 is 0 Å². The van der Waals surface area contributed by atoms with Crippen LogP contribution in [0.4, 0.5) is 8.78 Å². The molecule has 0 aliphatic heterocycles. The van der Waals surface area contributed by atoms with Crippen molar-refractivity contribution in [2.24, 2.45) is 5.73 Å². The summed E-state index contributed by atoms with van der Waals surface area (Å²) in [5.41, 5.74) is 5.55. The molecule has 1 unspecified atom stereocenters. The third-order valence-electron chi connectivity index (χ3n) is 2.17. The Morgan fingerprint density at radius 1 is 1.36 bits per heavy atom. The second-order valence-electron chi connectivity index (χ2n) is 3.36. The highest BCUT2D eigenvalue weighted by Gasteiger charge is 2.21. The van der Waals surface area contributed by atoms with Crippen molar-refractivity contribution in [3.8, 4) is 0 Å². The quantitative estimate of drug-likeness (QED) is 0.764. The number of hydrogen-bond donors (Lipinski definition) is 2. The molecule has 3 N–H and O–H groups in total. The summed E-state index contributed by atoms with van der Waals surface area (Å²) in [4.78, 5) is 0. The van der Waals surface area contributed by atoms with E-state index in [0.717, 1.165) is 6.07 Å². The molecule has 2 nitrogen and oxygen atoms in total. The standard InChI is InChI=1S/C10H13F2NO/c1-5-3-4-7(11)8(9(5)12)10(13)6(2)14/h3-4,6,10,14H,13H2,1-2H3/t6?,10-/m1/s1. The van der Waals surface area contributed by atoms with Gasteiger partial charge in [-0.25, -0.2) is 8.78 Å².